The highest BCUT2D eigenvalue weighted by Gasteiger charge is 2.41. The summed E-state index contributed by atoms with van der Waals surface area (Å²) in [6.45, 7) is 6.62. The molecule has 3 nitrogen and oxygen atoms in total. The number of hydrogen-bond acceptors (Lipinski definition) is 3. The van der Waals surface area contributed by atoms with Crippen molar-refractivity contribution in [2.75, 3.05) is 6.61 Å². The molecule has 3 N–H and O–H groups in total. The van der Waals surface area contributed by atoms with Gasteiger partial charge in [-0.15, -0.1) is 6.58 Å². The van der Waals surface area contributed by atoms with Crippen LogP contribution >= 0.6 is 0 Å². The van der Waals surface area contributed by atoms with Crippen molar-refractivity contribution in [1.29, 1.82) is 0 Å². The predicted octanol–water partition coefficient (Wildman–Crippen LogP) is 3.30. The number of unbranched alkanes of at least 4 members (excludes halogenated alkanes) is 3. The minimum atomic E-state index is 0.00192. The maximum atomic E-state index is 6.06. The van der Waals surface area contributed by atoms with Crippen molar-refractivity contribution in [3.8, 4) is 0 Å². The number of rotatable bonds is 10. The molecule has 1 fully saturated rings. The van der Waals surface area contributed by atoms with Gasteiger partial charge in [-0.05, 0) is 39.0 Å². The first-order chi connectivity index (χ1) is 8.79. The van der Waals surface area contributed by atoms with E-state index in [2.05, 4.69) is 18.9 Å². The normalized spacial score (nSPS) is 19.9. The highest BCUT2D eigenvalue weighted by atomic mass is 16.5. The van der Waals surface area contributed by atoms with Crippen molar-refractivity contribution in [2.24, 2.45) is 5.84 Å². The Morgan fingerprint density at radius 2 is 2.06 bits per heavy atom. The van der Waals surface area contributed by atoms with Gasteiger partial charge in [0.15, 0.2) is 0 Å². The lowest BCUT2D eigenvalue weighted by atomic mass is 9.88. The maximum Gasteiger partial charge on any atom is 0.0848 e. The average molecular weight is 254 g/mol. The van der Waals surface area contributed by atoms with Crippen LogP contribution < -0.4 is 11.3 Å². The van der Waals surface area contributed by atoms with Crippen molar-refractivity contribution in [3.05, 3.63) is 12.7 Å². The van der Waals surface area contributed by atoms with Crippen molar-refractivity contribution in [2.45, 2.75) is 76.4 Å². The number of ether oxygens (including phenoxy) is 1. The molecule has 0 saturated heterocycles. The lowest BCUT2D eigenvalue weighted by molar-refractivity contribution is -0.0637. The summed E-state index contributed by atoms with van der Waals surface area (Å²) >= 11 is 0. The Balaban J connectivity index is 2.39. The summed E-state index contributed by atoms with van der Waals surface area (Å²) in [6.07, 6.45) is 12.8. The van der Waals surface area contributed by atoms with E-state index in [0.29, 0.717) is 6.04 Å². The molecule has 0 aromatic heterocycles. The SMILES string of the molecule is C=CCCCCCC(NN)C1(OCC)CCCC1. The largest absolute Gasteiger partial charge is 0.374 e. The van der Waals surface area contributed by atoms with E-state index in [1.54, 1.807) is 0 Å². The van der Waals surface area contributed by atoms with Gasteiger partial charge in [0, 0.05) is 6.61 Å². The third-order valence-corrected chi connectivity index (χ3v) is 4.12. The third kappa shape index (κ3) is 4.38. The van der Waals surface area contributed by atoms with Crippen molar-refractivity contribution < 1.29 is 4.74 Å². The Hall–Kier alpha value is -0.380. The Morgan fingerprint density at radius 1 is 1.33 bits per heavy atom. The number of nitrogens with two attached hydrogens (primary N) is 1. The molecule has 106 valence electrons. The lowest BCUT2D eigenvalue weighted by Gasteiger charge is -2.37. The molecule has 1 rings (SSSR count). The van der Waals surface area contributed by atoms with Gasteiger partial charge in [-0.1, -0.05) is 31.8 Å². The quantitative estimate of drug-likeness (QED) is 0.272. The zero-order valence-electron chi connectivity index (χ0n) is 11.9. The molecule has 0 aliphatic heterocycles. The van der Waals surface area contributed by atoms with Gasteiger partial charge in [-0.3, -0.25) is 11.3 Å². The number of hydrazine groups is 1. The van der Waals surface area contributed by atoms with Crippen LogP contribution in [0.25, 0.3) is 0 Å². The zero-order valence-corrected chi connectivity index (χ0v) is 11.9. The summed E-state index contributed by atoms with van der Waals surface area (Å²) in [6, 6.07) is 0.309. The van der Waals surface area contributed by atoms with E-state index in [9.17, 15) is 0 Å². The summed E-state index contributed by atoms with van der Waals surface area (Å²) in [5.74, 6) is 5.76. The van der Waals surface area contributed by atoms with Crippen LogP contribution in [0.3, 0.4) is 0 Å². The third-order valence-electron chi connectivity index (χ3n) is 4.12. The monoisotopic (exact) mass is 254 g/mol. The zero-order chi connectivity index (χ0) is 13.3. The summed E-state index contributed by atoms with van der Waals surface area (Å²) in [7, 11) is 0. The topological polar surface area (TPSA) is 47.3 Å². The van der Waals surface area contributed by atoms with E-state index in [1.807, 2.05) is 6.08 Å². The van der Waals surface area contributed by atoms with Crippen LogP contribution in [0.15, 0.2) is 12.7 Å². The molecular weight excluding hydrogens is 224 g/mol. The fourth-order valence-corrected chi connectivity index (χ4v) is 3.17. The lowest BCUT2D eigenvalue weighted by Crippen LogP contribution is -2.53. The smallest absolute Gasteiger partial charge is 0.0848 e. The van der Waals surface area contributed by atoms with Crippen LogP contribution in [0.4, 0.5) is 0 Å². The van der Waals surface area contributed by atoms with Crippen molar-refractivity contribution in [3.63, 3.8) is 0 Å². The van der Waals surface area contributed by atoms with Gasteiger partial charge >= 0.3 is 0 Å². The Kier molecular flexibility index (Phi) is 7.56. The summed E-state index contributed by atoms with van der Waals surface area (Å²) in [5.41, 5.74) is 3.02. The van der Waals surface area contributed by atoms with E-state index in [1.165, 1.54) is 32.1 Å². The van der Waals surface area contributed by atoms with Gasteiger partial charge < -0.3 is 4.74 Å². The van der Waals surface area contributed by atoms with E-state index < -0.39 is 0 Å². The highest BCUT2D eigenvalue weighted by Crippen LogP contribution is 2.37. The van der Waals surface area contributed by atoms with Crippen molar-refractivity contribution in [1.82, 2.24) is 5.43 Å². The molecule has 1 aliphatic carbocycles. The predicted molar refractivity (Wildman–Crippen MR) is 77.2 cm³/mol. The summed E-state index contributed by atoms with van der Waals surface area (Å²) in [4.78, 5) is 0. The molecule has 0 bridgehead atoms. The second-order valence-corrected chi connectivity index (χ2v) is 5.35. The molecule has 0 amide bonds. The summed E-state index contributed by atoms with van der Waals surface area (Å²) in [5, 5.41) is 0. The van der Waals surface area contributed by atoms with Crippen LogP contribution in [0.1, 0.15) is 64.7 Å². The van der Waals surface area contributed by atoms with E-state index in [-0.39, 0.29) is 5.60 Å². The Bertz CT molecular complexity index is 225. The fourth-order valence-electron chi connectivity index (χ4n) is 3.17. The van der Waals surface area contributed by atoms with Crippen LogP contribution in [-0.4, -0.2) is 18.2 Å². The van der Waals surface area contributed by atoms with Gasteiger partial charge in [0.2, 0.25) is 0 Å². The molecule has 18 heavy (non-hydrogen) atoms. The molecule has 1 unspecified atom stereocenters. The van der Waals surface area contributed by atoms with Gasteiger partial charge in [0.1, 0.15) is 0 Å². The Labute approximate surface area is 112 Å². The molecule has 1 saturated carbocycles. The molecule has 1 aliphatic rings. The molecule has 0 radical (unpaired) electrons. The number of nitrogens with one attached hydrogen (secondary N) is 1. The van der Waals surface area contributed by atoms with E-state index in [4.69, 9.17) is 10.6 Å². The average Bonchev–Trinajstić information content (AvgIpc) is 2.84. The van der Waals surface area contributed by atoms with Crippen molar-refractivity contribution >= 4 is 0 Å². The molecule has 0 aromatic rings. The molecule has 1 atom stereocenters. The summed E-state index contributed by atoms with van der Waals surface area (Å²) < 4.78 is 6.06. The van der Waals surface area contributed by atoms with Gasteiger partial charge in [-0.2, -0.15) is 0 Å². The van der Waals surface area contributed by atoms with Crippen LogP contribution in [-0.2, 0) is 4.74 Å². The van der Waals surface area contributed by atoms with Crippen LogP contribution in [0.5, 0.6) is 0 Å². The first-order valence-corrected chi connectivity index (χ1v) is 7.50. The fraction of sp³-hybridized carbons (Fsp3) is 0.867. The maximum absolute atomic E-state index is 6.06. The second-order valence-electron chi connectivity index (χ2n) is 5.35. The van der Waals surface area contributed by atoms with Crippen LogP contribution in [0, 0.1) is 0 Å². The van der Waals surface area contributed by atoms with E-state index >= 15 is 0 Å². The molecule has 3 heteroatoms. The first-order valence-electron chi connectivity index (χ1n) is 7.50. The van der Waals surface area contributed by atoms with Gasteiger partial charge in [0.25, 0.3) is 0 Å². The number of allylic oxidation sites excluding steroid dienone is 1. The molecular formula is C15H30N2O. The van der Waals surface area contributed by atoms with Gasteiger partial charge in [-0.25, -0.2) is 0 Å². The minimum absolute atomic E-state index is 0.00192. The first kappa shape index (κ1) is 15.7. The standard InChI is InChI=1S/C15H30N2O/c1-3-5-6-7-8-11-14(17-16)15(18-4-2)12-9-10-13-15/h3,14,17H,1,4-13,16H2,2H3. The molecule has 0 spiro atoms. The van der Waals surface area contributed by atoms with E-state index in [0.717, 1.165) is 32.3 Å². The minimum Gasteiger partial charge on any atom is -0.374 e. The molecule has 0 heterocycles. The second kappa shape index (κ2) is 8.68. The molecule has 0 aromatic carbocycles. The van der Waals surface area contributed by atoms with Crippen LogP contribution in [0.2, 0.25) is 0 Å². The highest BCUT2D eigenvalue weighted by molar-refractivity contribution is 4.96. The van der Waals surface area contributed by atoms with Gasteiger partial charge in [0.05, 0.1) is 11.6 Å². The Morgan fingerprint density at radius 3 is 2.61 bits per heavy atom. The number of hydrogen-bond donors (Lipinski definition) is 2.